The molecule has 6 nitrogen and oxygen atoms in total. The van der Waals surface area contributed by atoms with Crippen LogP contribution in [0.25, 0.3) is 0 Å². The van der Waals surface area contributed by atoms with Crippen molar-refractivity contribution in [3.8, 4) is 0 Å². The fourth-order valence-corrected chi connectivity index (χ4v) is 2.68. The zero-order valence-electron chi connectivity index (χ0n) is 13.0. The van der Waals surface area contributed by atoms with Gasteiger partial charge in [-0.2, -0.15) is 4.98 Å². The molecule has 3 rings (SSSR count). The van der Waals surface area contributed by atoms with Gasteiger partial charge in [-0.15, -0.1) is 12.4 Å². The molecule has 2 aromatic rings. The fraction of sp³-hybridized carbons (Fsp3) is 0.438. The van der Waals surface area contributed by atoms with E-state index in [1.165, 1.54) is 6.92 Å². The number of carbonyl (C=O) groups excluding carboxylic acids is 1. The Morgan fingerprint density at radius 2 is 2.09 bits per heavy atom. The van der Waals surface area contributed by atoms with Gasteiger partial charge in [0.05, 0.1) is 18.0 Å². The fourth-order valence-electron chi connectivity index (χ4n) is 2.68. The van der Waals surface area contributed by atoms with Gasteiger partial charge in [0.15, 0.2) is 5.82 Å². The molecule has 0 radical (unpaired) electrons. The molecule has 7 heteroatoms. The minimum Gasteiger partial charge on any atom is -0.349 e. The third-order valence-corrected chi connectivity index (χ3v) is 4.12. The van der Waals surface area contributed by atoms with Crippen molar-refractivity contribution in [3.05, 3.63) is 47.6 Å². The van der Waals surface area contributed by atoms with Gasteiger partial charge in [0.1, 0.15) is 0 Å². The van der Waals surface area contributed by atoms with E-state index < -0.39 is 5.54 Å². The lowest BCUT2D eigenvalue weighted by molar-refractivity contribution is -0.119. The normalized spacial score (nSPS) is 16.8. The van der Waals surface area contributed by atoms with E-state index in [1.807, 2.05) is 30.3 Å². The maximum Gasteiger partial charge on any atom is 0.229 e. The topological polar surface area (TPSA) is 94.0 Å². The Bertz CT molecular complexity index is 655. The lowest BCUT2D eigenvalue weighted by Crippen LogP contribution is -2.44. The average molecular weight is 337 g/mol. The second-order valence-corrected chi connectivity index (χ2v) is 5.89. The lowest BCUT2D eigenvalue weighted by Gasteiger charge is -2.34. The summed E-state index contributed by atoms with van der Waals surface area (Å²) in [6.07, 6.45) is 3.32. The first-order valence-corrected chi connectivity index (χ1v) is 7.51. The van der Waals surface area contributed by atoms with Crippen LogP contribution in [0, 0.1) is 0 Å². The van der Waals surface area contributed by atoms with Crippen molar-refractivity contribution in [3.63, 3.8) is 0 Å². The molecule has 3 N–H and O–H groups in total. The minimum atomic E-state index is -0.433. The zero-order chi connectivity index (χ0) is 15.6. The molecule has 0 bridgehead atoms. The highest BCUT2D eigenvalue weighted by atomic mass is 35.5. The predicted molar refractivity (Wildman–Crippen MR) is 88.0 cm³/mol. The average Bonchev–Trinajstić information content (AvgIpc) is 2.93. The van der Waals surface area contributed by atoms with Crippen molar-refractivity contribution in [2.75, 3.05) is 0 Å². The van der Waals surface area contributed by atoms with Gasteiger partial charge in [-0.3, -0.25) is 4.79 Å². The molecule has 1 saturated carbocycles. The van der Waals surface area contributed by atoms with Crippen LogP contribution in [0.2, 0.25) is 0 Å². The third-order valence-electron chi connectivity index (χ3n) is 4.12. The molecular formula is C16H21ClN4O2. The van der Waals surface area contributed by atoms with Gasteiger partial charge in [0.25, 0.3) is 0 Å². The number of aromatic nitrogens is 2. The summed E-state index contributed by atoms with van der Waals surface area (Å²) < 4.78 is 5.33. The summed E-state index contributed by atoms with van der Waals surface area (Å²) in [5.41, 5.74) is 6.78. The molecule has 0 aliphatic heterocycles. The van der Waals surface area contributed by atoms with Crippen LogP contribution in [0.3, 0.4) is 0 Å². The van der Waals surface area contributed by atoms with Crippen LogP contribution in [0.1, 0.15) is 49.5 Å². The Morgan fingerprint density at radius 1 is 1.39 bits per heavy atom. The number of hydrogen-bond acceptors (Lipinski definition) is 5. The highest BCUT2D eigenvalue weighted by Crippen LogP contribution is 2.37. The number of nitrogens with two attached hydrogens (primary N) is 1. The summed E-state index contributed by atoms with van der Waals surface area (Å²) in [4.78, 5) is 15.9. The summed E-state index contributed by atoms with van der Waals surface area (Å²) in [5.74, 6) is 0.973. The molecule has 1 unspecified atom stereocenters. The summed E-state index contributed by atoms with van der Waals surface area (Å²) in [6, 6.07) is 9.55. The number of rotatable bonds is 5. The van der Waals surface area contributed by atoms with E-state index in [9.17, 15) is 4.79 Å². The number of nitrogens with one attached hydrogen (secondary N) is 1. The molecule has 0 spiro atoms. The van der Waals surface area contributed by atoms with Crippen LogP contribution < -0.4 is 11.1 Å². The van der Waals surface area contributed by atoms with E-state index in [-0.39, 0.29) is 24.4 Å². The second-order valence-electron chi connectivity index (χ2n) is 5.89. The lowest BCUT2D eigenvalue weighted by atomic mass is 9.77. The van der Waals surface area contributed by atoms with Gasteiger partial charge in [0.2, 0.25) is 11.8 Å². The zero-order valence-corrected chi connectivity index (χ0v) is 13.8. The second kappa shape index (κ2) is 7.10. The first-order valence-electron chi connectivity index (χ1n) is 7.51. The summed E-state index contributed by atoms with van der Waals surface area (Å²) in [7, 11) is 0. The summed E-state index contributed by atoms with van der Waals surface area (Å²) in [6.45, 7) is 1.50. The molecule has 1 heterocycles. The van der Waals surface area contributed by atoms with Crippen molar-refractivity contribution in [2.24, 2.45) is 5.73 Å². The highest BCUT2D eigenvalue weighted by molar-refractivity contribution is 5.85. The first kappa shape index (κ1) is 17.4. The number of carbonyl (C=O) groups is 1. The maximum absolute atomic E-state index is 11.4. The van der Waals surface area contributed by atoms with E-state index in [4.69, 9.17) is 10.3 Å². The van der Waals surface area contributed by atoms with Crippen molar-refractivity contribution < 1.29 is 9.32 Å². The van der Waals surface area contributed by atoms with Gasteiger partial charge in [-0.05, 0) is 24.8 Å². The molecule has 1 aromatic heterocycles. The maximum atomic E-state index is 11.4. The SMILES string of the molecule is CC(=O)NC(Cc1nc(C2(N)CCC2)no1)c1ccccc1.Cl. The smallest absolute Gasteiger partial charge is 0.229 e. The van der Waals surface area contributed by atoms with E-state index in [2.05, 4.69) is 15.5 Å². The largest absolute Gasteiger partial charge is 0.349 e. The highest BCUT2D eigenvalue weighted by Gasteiger charge is 2.39. The van der Waals surface area contributed by atoms with Crippen LogP contribution in [-0.4, -0.2) is 16.0 Å². The van der Waals surface area contributed by atoms with Crippen LogP contribution >= 0.6 is 12.4 Å². The monoisotopic (exact) mass is 336 g/mol. The van der Waals surface area contributed by atoms with Gasteiger partial charge >= 0.3 is 0 Å². The number of amides is 1. The first-order chi connectivity index (χ1) is 10.6. The van der Waals surface area contributed by atoms with E-state index in [1.54, 1.807) is 0 Å². The molecule has 23 heavy (non-hydrogen) atoms. The number of nitrogens with zero attached hydrogens (tertiary/aromatic N) is 2. The Kier molecular flexibility index (Phi) is 5.38. The molecule has 1 aromatic carbocycles. The van der Waals surface area contributed by atoms with Gasteiger partial charge in [-0.25, -0.2) is 0 Å². The molecule has 1 fully saturated rings. The van der Waals surface area contributed by atoms with E-state index in [0.717, 1.165) is 24.8 Å². The number of halogens is 1. The van der Waals surface area contributed by atoms with Crippen LogP contribution in [0.4, 0.5) is 0 Å². The molecule has 1 aliphatic rings. The van der Waals surface area contributed by atoms with Gasteiger partial charge in [-0.1, -0.05) is 35.5 Å². The number of benzene rings is 1. The van der Waals surface area contributed by atoms with Crippen molar-refractivity contribution >= 4 is 18.3 Å². The molecule has 1 aliphatic carbocycles. The van der Waals surface area contributed by atoms with E-state index >= 15 is 0 Å². The van der Waals surface area contributed by atoms with Crippen LogP contribution in [0.15, 0.2) is 34.9 Å². The Labute approximate surface area is 141 Å². The quantitative estimate of drug-likeness (QED) is 0.873. The van der Waals surface area contributed by atoms with Gasteiger partial charge in [0, 0.05) is 6.92 Å². The van der Waals surface area contributed by atoms with Crippen LogP contribution in [0.5, 0.6) is 0 Å². The molecule has 124 valence electrons. The third kappa shape index (κ3) is 3.89. The van der Waals surface area contributed by atoms with Gasteiger partial charge < -0.3 is 15.6 Å². The summed E-state index contributed by atoms with van der Waals surface area (Å²) >= 11 is 0. The molecule has 1 amide bonds. The molecular weight excluding hydrogens is 316 g/mol. The predicted octanol–water partition coefficient (Wildman–Crippen LogP) is 2.25. The Hall–Kier alpha value is -1.92. The Balaban J connectivity index is 0.00000192. The van der Waals surface area contributed by atoms with Crippen molar-refractivity contribution in [1.82, 2.24) is 15.5 Å². The molecule has 0 saturated heterocycles. The Morgan fingerprint density at radius 3 is 2.65 bits per heavy atom. The van der Waals surface area contributed by atoms with E-state index in [0.29, 0.717) is 18.1 Å². The number of hydrogen-bond donors (Lipinski definition) is 2. The van der Waals surface area contributed by atoms with Crippen molar-refractivity contribution in [1.29, 1.82) is 0 Å². The van der Waals surface area contributed by atoms with Crippen LogP contribution in [-0.2, 0) is 16.8 Å². The molecule has 1 atom stereocenters. The minimum absolute atomic E-state index is 0. The summed E-state index contributed by atoms with van der Waals surface area (Å²) in [5, 5.41) is 6.93. The van der Waals surface area contributed by atoms with Crippen molar-refractivity contribution in [2.45, 2.75) is 44.2 Å². The standard InChI is InChI=1S/C16H20N4O2.ClH/c1-11(21)18-13(12-6-3-2-4-7-12)10-14-19-15(20-22-14)16(17)8-5-9-16;/h2-4,6-7,13H,5,8-10,17H2,1H3,(H,18,21);1H.